The van der Waals surface area contributed by atoms with Crippen molar-refractivity contribution >= 4 is 17.2 Å². The minimum atomic E-state index is 0.192. The second-order valence-electron chi connectivity index (χ2n) is 3.75. The Labute approximate surface area is 89.7 Å². The fourth-order valence-electron chi connectivity index (χ4n) is 1.81. The van der Waals surface area contributed by atoms with Crippen molar-refractivity contribution in [2.45, 2.75) is 26.1 Å². The molecule has 3 heteroatoms. The zero-order valence-corrected chi connectivity index (χ0v) is 9.05. The number of thiocarbonyl (C=S) groups is 1. The van der Waals surface area contributed by atoms with Gasteiger partial charge in [-0.05, 0) is 18.1 Å². The molecule has 0 saturated carbocycles. The van der Waals surface area contributed by atoms with E-state index in [2.05, 4.69) is 36.1 Å². The van der Waals surface area contributed by atoms with E-state index in [1.54, 1.807) is 0 Å². The van der Waals surface area contributed by atoms with Crippen LogP contribution in [0.1, 0.15) is 18.1 Å². The topological polar surface area (TPSA) is 29.3 Å². The standard InChI is InChI=1S/C11H14N2S/c1-8(11(12)14)13-6-9-4-2-3-5-10(9)7-13/h2-5,8H,6-7H2,1H3,(H2,12,14). The van der Waals surface area contributed by atoms with E-state index in [9.17, 15) is 0 Å². The van der Waals surface area contributed by atoms with Gasteiger partial charge < -0.3 is 5.73 Å². The molecule has 0 amide bonds. The second-order valence-corrected chi connectivity index (χ2v) is 4.22. The normalized spacial score (nSPS) is 17.8. The molecule has 0 fully saturated rings. The number of nitrogens with two attached hydrogens (primary N) is 1. The molecule has 0 aliphatic carbocycles. The van der Waals surface area contributed by atoms with Crippen LogP contribution in [0.15, 0.2) is 24.3 Å². The monoisotopic (exact) mass is 206 g/mol. The molecular weight excluding hydrogens is 192 g/mol. The van der Waals surface area contributed by atoms with E-state index < -0.39 is 0 Å². The maximum absolute atomic E-state index is 5.64. The molecule has 0 bridgehead atoms. The molecule has 1 heterocycles. The van der Waals surface area contributed by atoms with Gasteiger partial charge in [0.25, 0.3) is 0 Å². The quantitative estimate of drug-likeness (QED) is 0.746. The number of nitrogens with zero attached hydrogens (tertiary/aromatic N) is 1. The predicted octanol–water partition coefficient (Wildman–Crippen LogP) is 1.68. The van der Waals surface area contributed by atoms with Crippen LogP contribution in [-0.4, -0.2) is 15.9 Å². The van der Waals surface area contributed by atoms with Crippen LogP contribution in [0, 0.1) is 0 Å². The molecule has 2 rings (SSSR count). The summed E-state index contributed by atoms with van der Waals surface area (Å²) in [5, 5.41) is 0. The van der Waals surface area contributed by atoms with Gasteiger partial charge in [0, 0.05) is 13.1 Å². The Bertz CT molecular complexity index is 337. The minimum Gasteiger partial charge on any atom is -0.392 e. The van der Waals surface area contributed by atoms with Gasteiger partial charge in [-0.3, -0.25) is 4.90 Å². The summed E-state index contributed by atoms with van der Waals surface area (Å²) >= 11 is 5.00. The zero-order valence-electron chi connectivity index (χ0n) is 8.23. The van der Waals surface area contributed by atoms with Crippen molar-refractivity contribution in [3.05, 3.63) is 35.4 Å². The lowest BCUT2D eigenvalue weighted by Gasteiger charge is -2.22. The molecule has 2 nitrogen and oxygen atoms in total. The maximum Gasteiger partial charge on any atom is 0.0899 e. The predicted molar refractivity (Wildman–Crippen MR) is 61.9 cm³/mol. The lowest BCUT2D eigenvalue weighted by molar-refractivity contribution is 0.262. The van der Waals surface area contributed by atoms with Crippen LogP contribution in [0.25, 0.3) is 0 Å². The minimum absolute atomic E-state index is 0.192. The summed E-state index contributed by atoms with van der Waals surface area (Å²) in [6.07, 6.45) is 0. The van der Waals surface area contributed by atoms with E-state index in [1.165, 1.54) is 11.1 Å². The molecule has 0 radical (unpaired) electrons. The Kier molecular flexibility index (Phi) is 2.52. The molecule has 1 aromatic rings. The van der Waals surface area contributed by atoms with Crippen molar-refractivity contribution in [3.8, 4) is 0 Å². The molecule has 1 aliphatic rings. The maximum atomic E-state index is 5.64. The largest absolute Gasteiger partial charge is 0.392 e. The molecule has 1 atom stereocenters. The molecule has 0 aromatic heterocycles. The van der Waals surface area contributed by atoms with Gasteiger partial charge >= 0.3 is 0 Å². The first kappa shape index (κ1) is 9.62. The van der Waals surface area contributed by atoms with E-state index in [-0.39, 0.29) is 6.04 Å². The highest BCUT2D eigenvalue weighted by molar-refractivity contribution is 7.80. The molecule has 14 heavy (non-hydrogen) atoms. The van der Waals surface area contributed by atoms with Gasteiger partial charge in [-0.25, -0.2) is 0 Å². The van der Waals surface area contributed by atoms with E-state index in [1.807, 2.05) is 0 Å². The van der Waals surface area contributed by atoms with Crippen molar-refractivity contribution in [3.63, 3.8) is 0 Å². The summed E-state index contributed by atoms with van der Waals surface area (Å²) in [5.74, 6) is 0. The second kappa shape index (κ2) is 3.67. The van der Waals surface area contributed by atoms with Crippen LogP contribution in [-0.2, 0) is 13.1 Å². The highest BCUT2D eigenvalue weighted by Crippen LogP contribution is 2.23. The van der Waals surface area contributed by atoms with Crippen molar-refractivity contribution in [1.29, 1.82) is 0 Å². The van der Waals surface area contributed by atoms with Gasteiger partial charge in [0.15, 0.2) is 0 Å². The Morgan fingerprint density at radius 2 is 1.86 bits per heavy atom. The van der Waals surface area contributed by atoms with Crippen molar-refractivity contribution in [1.82, 2.24) is 4.90 Å². The van der Waals surface area contributed by atoms with E-state index in [0.717, 1.165) is 13.1 Å². The third-order valence-corrected chi connectivity index (χ3v) is 3.17. The van der Waals surface area contributed by atoms with Crippen LogP contribution < -0.4 is 5.73 Å². The highest BCUT2D eigenvalue weighted by Gasteiger charge is 2.23. The van der Waals surface area contributed by atoms with Crippen molar-refractivity contribution < 1.29 is 0 Å². The first-order valence-electron chi connectivity index (χ1n) is 4.78. The Morgan fingerprint density at radius 3 is 2.29 bits per heavy atom. The fourth-order valence-corrected chi connectivity index (χ4v) is 1.96. The van der Waals surface area contributed by atoms with Crippen molar-refractivity contribution in [2.75, 3.05) is 0 Å². The number of benzene rings is 1. The van der Waals surface area contributed by atoms with Gasteiger partial charge in [0.2, 0.25) is 0 Å². The molecule has 1 aromatic carbocycles. The summed E-state index contributed by atoms with van der Waals surface area (Å²) < 4.78 is 0. The number of fused-ring (bicyclic) bond motifs is 1. The summed E-state index contributed by atoms with van der Waals surface area (Å²) in [5.41, 5.74) is 8.44. The summed E-state index contributed by atoms with van der Waals surface area (Å²) in [4.78, 5) is 2.88. The van der Waals surface area contributed by atoms with Crippen LogP contribution >= 0.6 is 12.2 Å². The molecule has 2 N–H and O–H groups in total. The van der Waals surface area contributed by atoms with Crippen LogP contribution in [0.2, 0.25) is 0 Å². The van der Waals surface area contributed by atoms with Gasteiger partial charge in [-0.1, -0.05) is 36.5 Å². The summed E-state index contributed by atoms with van der Waals surface area (Å²) in [6.45, 7) is 4.00. The molecule has 0 spiro atoms. The fraction of sp³-hybridized carbons (Fsp3) is 0.364. The van der Waals surface area contributed by atoms with Gasteiger partial charge in [-0.15, -0.1) is 0 Å². The molecule has 1 unspecified atom stereocenters. The number of rotatable bonds is 2. The Balaban J connectivity index is 2.15. The van der Waals surface area contributed by atoms with Crippen LogP contribution in [0.3, 0.4) is 0 Å². The SMILES string of the molecule is CC(C(N)=S)N1Cc2ccccc2C1. The van der Waals surface area contributed by atoms with Crippen LogP contribution in [0.5, 0.6) is 0 Å². The van der Waals surface area contributed by atoms with Gasteiger partial charge in [-0.2, -0.15) is 0 Å². The molecule has 74 valence electrons. The smallest absolute Gasteiger partial charge is 0.0899 e. The van der Waals surface area contributed by atoms with Crippen LogP contribution in [0.4, 0.5) is 0 Å². The Hall–Kier alpha value is -0.930. The van der Waals surface area contributed by atoms with E-state index >= 15 is 0 Å². The van der Waals surface area contributed by atoms with Gasteiger partial charge in [0.05, 0.1) is 11.0 Å². The zero-order chi connectivity index (χ0) is 10.1. The summed E-state index contributed by atoms with van der Waals surface area (Å²) in [6, 6.07) is 8.68. The summed E-state index contributed by atoms with van der Waals surface area (Å²) in [7, 11) is 0. The average molecular weight is 206 g/mol. The number of hydrogen-bond donors (Lipinski definition) is 1. The van der Waals surface area contributed by atoms with Crippen molar-refractivity contribution in [2.24, 2.45) is 5.73 Å². The molecule has 0 saturated heterocycles. The lowest BCUT2D eigenvalue weighted by atomic mass is 10.1. The first-order chi connectivity index (χ1) is 6.68. The number of hydrogen-bond acceptors (Lipinski definition) is 2. The molecule has 1 aliphatic heterocycles. The first-order valence-corrected chi connectivity index (χ1v) is 5.19. The third kappa shape index (κ3) is 1.65. The Morgan fingerprint density at radius 1 is 1.36 bits per heavy atom. The molecular formula is C11H14N2S. The highest BCUT2D eigenvalue weighted by atomic mass is 32.1. The lowest BCUT2D eigenvalue weighted by Crippen LogP contribution is -2.38. The third-order valence-electron chi connectivity index (χ3n) is 2.82. The van der Waals surface area contributed by atoms with E-state index in [4.69, 9.17) is 18.0 Å². The van der Waals surface area contributed by atoms with E-state index in [0.29, 0.717) is 4.99 Å². The average Bonchev–Trinajstić information content (AvgIpc) is 2.59. The van der Waals surface area contributed by atoms with Gasteiger partial charge in [0.1, 0.15) is 0 Å².